The average molecular weight is 243 g/mol. The van der Waals surface area contributed by atoms with Gasteiger partial charge in [-0.3, -0.25) is 20.6 Å². The summed E-state index contributed by atoms with van der Waals surface area (Å²) in [5.41, 5.74) is 4.12. The Morgan fingerprint density at radius 2 is 2.06 bits per heavy atom. The second-order valence-electron chi connectivity index (χ2n) is 3.64. The van der Waals surface area contributed by atoms with Gasteiger partial charge in [-0.15, -0.1) is 0 Å². The number of hydrogen-bond donors (Lipinski definition) is 2. The first-order valence-corrected chi connectivity index (χ1v) is 5.32. The van der Waals surface area contributed by atoms with Gasteiger partial charge in [0.15, 0.2) is 0 Å². The lowest BCUT2D eigenvalue weighted by Gasteiger charge is -2.18. The van der Waals surface area contributed by atoms with Crippen LogP contribution in [-0.4, -0.2) is 22.9 Å². The molecule has 0 aliphatic carbocycles. The topological polar surface area (TPSA) is 84.1 Å². The van der Waals surface area contributed by atoms with E-state index in [4.69, 9.17) is 5.84 Å². The third kappa shape index (κ3) is 2.28. The standard InChI is InChI=1S/C12H13N5O/c1-17(9-3-2-5-14-7-9)12(18)10-8-15-6-4-11(10)16-13/h2-8H,13H2,1H3,(H,15,16). The number of nitrogens with two attached hydrogens (primary N) is 1. The number of carbonyl (C=O) groups excluding carboxylic acids is 1. The normalized spacial score (nSPS) is 9.89. The number of aromatic nitrogens is 2. The van der Waals surface area contributed by atoms with Gasteiger partial charge in [-0.25, -0.2) is 0 Å². The van der Waals surface area contributed by atoms with Gasteiger partial charge in [-0.2, -0.15) is 0 Å². The van der Waals surface area contributed by atoms with Gasteiger partial charge in [0.25, 0.3) is 5.91 Å². The highest BCUT2D eigenvalue weighted by Crippen LogP contribution is 2.18. The highest BCUT2D eigenvalue weighted by atomic mass is 16.2. The molecular formula is C12H13N5O. The number of pyridine rings is 2. The molecule has 0 atom stereocenters. The predicted molar refractivity (Wildman–Crippen MR) is 69.0 cm³/mol. The number of nitrogen functional groups attached to an aromatic ring is 1. The summed E-state index contributed by atoms with van der Waals surface area (Å²) in [5, 5.41) is 0. The van der Waals surface area contributed by atoms with Crippen LogP contribution in [0.4, 0.5) is 11.4 Å². The van der Waals surface area contributed by atoms with Crippen molar-refractivity contribution < 1.29 is 4.79 Å². The Hall–Kier alpha value is -2.47. The van der Waals surface area contributed by atoms with Crippen LogP contribution in [0.1, 0.15) is 10.4 Å². The molecule has 2 aromatic rings. The molecule has 0 unspecified atom stereocenters. The summed E-state index contributed by atoms with van der Waals surface area (Å²) >= 11 is 0. The third-order valence-corrected chi connectivity index (χ3v) is 2.54. The van der Waals surface area contributed by atoms with E-state index in [0.717, 1.165) is 0 Å². The SMILES string of the molecule is CN(C(=O)c1cnccc1NN)c1cccnc1. The fourth-order valence-corrected chi connectivity index (χ4v) is 1.54. The maximum absolute atomic E-state index is 12.3. The fourth-order valence-electron chi connectivity index (χ4n) is 1.54. The number of hydrazine groups is 1. The number of carbonyl (C=O) groups is 1. The smallest absolute Gasteiger partial charge is 0.261 e. The minimum Gasteiger partial charge on any atom is -0.323 e. The zero-order valence-electron chi connectivity index (χ0n) is 9.87. The highest BCUT2D eigenvalue weighted by Gasteiger charge is 2.16. The van der Waals surface area contributed by atoms with Crippen molar-refractivity contribution in [3.8, 4) is 0 Å². The van der Waals surface area contributed by atoms with Gasteiger partial charge < -0.3 is 10.3 Å². The van der Waals surface area contributed by atoms with Crippen LogP contribution < -0.4 is 16.2 Å². The third-order valence-electron chi connectivity index (χ3n) is 2.54. The maximum Gasteiger partial charge on any atom is 0.261 e. The number of rotatable bonds is 3. The van der Waals surface area contributed by atoms with Crippen LogP contribution in [0.3, 0.4) is 0 Å². The Kier molecular flexibility index (Phi) is 3.49. The van der Waals surface area contributed by atoms with E-state index in [0.29, 0.717) is 16.9 Å². The van der Waals surface area contributed by atoms with Crippen molar-refractivity contribution in [3.05, 3.63) is 48.5 Å². The summed E-state index contributed by atoms with van der Waals surface area (Å²) in [6.07, 6.45) is 6.31. The molecule has 0 spiro atoms. The largest absolute Gasteiger partial charge is 0.323 e. The van der Waals surface area contributed by atoms with Crippen LogP contribution in [0.5, 0.6) is 0 Å². The van der Waals surface area contributed by atoms with Crippen LogP contribution in [0.2, 0.25) is 0 Å². The highest BCUT2D eigenvalue weighted by molar-refractivity contribution is 6.08. The average Bonchev–Trinajstić information content (AvgIpc) is 2.46. The van der Waals surface area contributed by atoms with Gasteiger partial charge in [-0.1, -0.05) is 0 Å². The lowest BCUT2D eigenvalue weighted by molar-refractivity contribution is 0.0993. The van der Waals surface area contributed by atoms with E-state index < -0.39 is 0 Å². The summed E-state index contributed by atoms with van der Waals surface area (Å²) < 4.78 is 0. The van der Waals surface area contributed by atoms with E-state index in [1.54, 1.807) is 43.8 Å². The lowest BCUT2D eigenvalue weighted by atomic mass is 10.2. The summed E-state index contributed by atoms with van der Waals surface area (Å²) in [5.74, 6) is 5.16. The van der Waals surface area contributed by atoms with E-state index in [9.17, 15) is 4.79 Å². The first-order chi connectivity index (χ1) is 8.74. The lowest BCUT2D eigenvalue weighted by Crippen LogP contribution is -2.27. The molecule has 2 aromatic heterocycles. The molecule has 18 heavy (non-hydrogen) atoms. The van der Waals surface area contributed by atoms with E-state index >= 15 is 0 Å². The maximum atomic E-state index is 12.3. The number of amides is 1. The van der Waals surface area contributed by atoms with Gasteiger partial charge in [0.2, 0.25) is 0 Å². The summed E-state index contributed by atoms with van der Waals surface area (Å²) in [6, 6.07) is 5.21. The molecule has 0 aliphatic rings. The molecule has 2 heterocycles. The number of anilines is 2. The summed E-state index contributed by atoms with van der Waals surface area (Å²) in [6.45, 7) is 0. The molecule has 1 amide bonds. The van der Waals surface area contributed by atoms with Crippen molar-refractivity contribution in [2.24, 2.45) is 5.84 Å². The van der Waals surface area contributed by atoms with Crippen LogP contribution in [0, 0.1) is 0 Å². The van der Waals surface area contributed by atoms with Crippen LogP contribution in [0.15, 0.2) is 43.0 Å². The summed E-state index contributed by atoms with van der Waals surface area (Å²) in [4.78, 5) is 21.7. The van der Waals surface area contributed by atoms with Crippen molar-refractivity contribution in [2.75, 3.05) is 17.4 Å². The quantitative estimate of drug-likeness (QED) is 0.621. The number of nitrogens with zero attached hydrogens (tertiary/aromatic N) is 3. The van der Waals surface area contributed by atoms with E-state index in [2.05, 4.69) is 15.4 Å². The molecule has 0 saturated heterocycles. The second kappa shape index (κ2) is 5.24. The molecule has 6 heteroatoms. The van der Waals surface area contributed by atoms with Gasteiger partial charge in [-0.05, 0) is 18.2 Å². The minimum atomic E-state index is -0.205. The van der Waals surface area contributed by atoms with Crippen molar-refractivity contribution in [1.82, 2.24) is 9.97 Å². The first kappa shape index (κ1) is 12.0. The molecule has 2 rings (SSSR count). The second-order valence-corrected chi connectivity index (χ2v) is 3.64. The molecule has 0 aliphatic heterocycles. The number of hydrogen-bond acceptors (Lipinski definition) is 5. The molecular weight excluding hydrogens is 230 g/mol. The van der Waals surface area contributed by atoms with Gasteiger partial charge in [0.05, 0.1) is 23.1 Å². The van der Waals surface area contributed by atoms with Crippen molar-refractivity contribution in [2.45, 2.75) is 0 Å². The van der Waals surface area contributed by atoms with Crippen LogP contribution >= 0.6 is 0 Å². The summed E-state index contributed by atoms with van der Waals surface area (Å²) in [7, 11) is 1.67. The van der Waals surface area contributed by atoms with E-state index in [1.807, 2.05) is 0 Å². The fraction of sp³-hybridized carbons (Fsp3) is 0.0833. The molecule has 0 saturated carbocycles. The van der Waals surface area contributed by atoms with Crippen LogP contribution in [-0.2, 0) is 0 Å². The molecule has 3 N–H and O–H groups in total. The zero-order valence-corrected chi connectivity index (χ0v) is 9.87. The Bertz CT molecular complexity index is 543. The predicted octanol–water partition coefficient (Wildman–Crippen LogP) is 1.04. The van der Waals surface area contributed by atoms with Crippen molar-refractivity contribution in [3.63, 3.8) is 0 Å². The van der Waals surface area contributed by atoms with Crippen molar-refractivity contribution in [1.29, 1.82) is 0 Å². The van der Waals surface area contributed by atoms with Gasteiger partial charge in [0.1, 0.15) is 0 Å². The molecule has 0 aromatic carbocycles. The Balaban J connectivity index is 2.32. The van der Waals surface area contributed by atoms with Gasteiger partial charge >= 0.3 is 0 Å². The Morgan fingerprint density at radius 3 is 2.72 bits per heavy atom. The first-order valence-electron chi connectivity index (χ1n) is 5.32. The molecule has 92 valence electrons. The van der Waals surface area contributed by atoms with E-state index in [1.165, 1.54) is 11.1 Å². The van der Waals surface area contributed by atoms with E-state index in [-0.39, 0.29) is 5.91 Å². The molecule has 0 bridgehead atoms. The number of nitrogens with one attached hydrogen (secondary N) is 1. The molecule has 0 radical (unpaired) electrons. The van der Waals surface area contributed by atoms with Gasteiger partial charge in [0, 0.05) is 25.6 Å². The molecule has 6 nitrogen and oxygen atoms in total. The molecule has 0 fully saturated rings. The monoisotopic (exact) mass is 243 g/mol. The van der Waals surface area contributed by atoms with Crippen LogP contribution in [0.25, 0.3) is 0 Å². The zero-order chi connectivity index (χ0) is 13.0. The minimum absolute atomic E-state index is 0.205. The van der Waals surface area contributed by atoms with Crippen molar-refractivity contribution >= 4 is 17.3 Å². The Labute approximate surface area is 104 Å². The Morgan fingerprint density at radius 1 is 1.28 bits per heavy atom.